The minimum Gasteiger partial charge on any atom is -0.304 e. The van der Waals surface area contributed by atoms with Crippen molar-refractivity contribution in [1.82, 2.24) is 9.97 Å². The maximum atomic E-state index is 4.86. The fraction of sp³-hybridized carbons (Fsp3) is 0.391. The van der Waals surface area contributed by atoms with E-state index in [-0.39, 0.29) is 47.2 Å². The molecule has 2 nitrogen and oxygen atoms in total. The first kappa shape index (κ1) is 38.4. The van der Waals surface area contributed by atoms with Gasteiger partial charge in [0, 0.05) is 32.5 Å². The van der Waals surface area contributed by atoms with Gasteiger partial charge in [0.2, 0.25) is 0 Å². The zero-order chi connectivity index (χ0) is 35.3. The van der Waals surface area contributed by atoms with Crippen molar-refractivity contribution in [2.75, 3.05) is 0 Å². The van der Waals surface area contributed by atoms with Crippen LogP contribution in [0.1, 0.15) is 129 Å². The van der Waals surface area contributed by atoms with Gasteiger partial charge in [-0.25, -0.2) is 0 Å². The number of fused-ring (bicyclic) bond motifs is 2. The third-order valence-electron chi connectivity index (χ3n) is 10.0. The summed E-state index contributed by atoms with van der Waals surface area (Å²) in [6.07, 6.45) is 4.00. The molecule has 3 aromatic carbocycles. The maximum Gasteiger partial charge on any atom is 0.0198 e. The molecule has 49 heavy (non-hydrogen) atoms. The van der Waals surface area contributed by atoms with Gasteiger partial charge in [-0.1, -0.05) is 139 Å². The van der Waals surface area contributed by atoms with Gasteiger partial charge in [0.15, 0.2) is 0 Å². The molecule has 259 valence electrons. The van der Waals surface area contributed by atoms with Crippen LogP contribution in [-0.2, 0) is 47.2 Å². The van der Waals surface area contributed by atoms with Gasteiger partial charge in [-0.15, -0.1) is 70.3 Å². The third kappa shape index (κ3) is 7.84. The summed E-state index contributed by atoms with van der Waals surface area (Å²) in [6, 6.07) is 35.1. The maximum absolute atomic E-state index is 4.86. The molecule has 0 amide bonds. The second-order valence-corrected chi connectivity index (χ2v) is 17.5. The van der Waals surface area contributed by atoms with Crippen LogP contribution in [0.2, 0.25) is 0 Å². The molecule has 0 atom stereocenters. The van der Waals surface area contributed by atoms with Crippen LogP contribution in [-0.4, -0.2) is 9.97 Å². The van der Waals surface area contributed by atoms with Crippen LogP contribution in [0.15, 0.2) is 91.3 Å². The zero-order valence-electron chi connectivity index (χ0n) is 31.9. The molecule has 2 heterocycles. The predicted molar refractivity (Wildman–Crippen MR) is 204 cm³/mol. The molecular formula is C46H54IrN2-2. The van der Waals surface area contributed by atoms with Gasteiger partial charge < -0.3 is 9.97 Å². The van der Waals surface area contributed by atoms with E-state index in [0.717, 1.165) is 22.5 Å². The number of nitrogens with zero attached hydrogens (tertiary/aromatic N) is 2. The summed E-state index contributed by atoms with van der Waals surface area (Å²) < 4.78 is 0. The Kier molecular flexibility index (Phi) is 10.8. The number of aromatic nitrogens is 2. The standard InChI is InChI=1S/C27H30N.C19H24N.Ir/c1-25(2,3)18-15-16-23(28-17-18)19-11-10-14-22-24(19)27(6,7)21-13-9-8-12-20(21)26(22,4)5;1-18(2,3)15-9-7-14(8-10-15)17-12-11-16(13-20-17)19(4,5)6;/h8-10,12-17H,1-7H3;7,9-13H,1-6H3;/q2*-1;. The molecule has 0 N–H and O–H groups in total. The predicted octanol–water partition coefficient (Wildman–Crippen LogP) is 12.0. The molecule has 0 spiro atoms. The fourth-order valence-electron chi connectivity index (χ4n) is 6.76. The third-order valence-corrected chi connectivity index (χ3v) is 10.0. The Balaban J connectivity index is 0.000000229. The second-order valence-electron chi connectivity index (χ2n) is 17.5. The summed E-state index contributed by atoms with van der Waals surface area (Å²) in [4.78, 5) is 9.44. The van der Waals surface area contributed by atoms with Crippen LogP contribution in [0.3, 0.4) is 0 Å². The second kappa shape index (κ2) is 13.7. The molecule has 3 heteroatoms. The molecule has 0 saturated heterocycles. The molecule has 5 aromatic rings. The van der Waals surface area contributed by atoms with Crippen molar-refractivity contribution in [2.24, 2.45) is 0 Å². The van der Waals surface area contributed by atoms with E-state index in [2.05, 4.69) is 186 Å². The molecule has 0 saturated carbocycles. The van der Waals surface area contributed by atoms with E-state index in [0.29, 0.717) is 0 Å². The first-order valence-corrected chi connectivity index (χ1v) is 17.3. The van der Waals surface area contributed by atoms with Gasteiger partial charge in [-0.3, -0.25) is 0 Å². The van der Waals surface area contributed by atoms with Crippen molar-refractivity contribution in [3.05, 3.63) is 142 Å². The van der Waals surface area contributed by atoms with E-state index >= 15 is 0 Å². The van der Waals surface area contributed by atoms with Crippen molar-refractivity contribution in [3.8, 4) is 22.5 Å². The minimum atomic E-state index is -0.0983. The number of rotatable bonds is 2. The topological polar surface area (TPSA) is 25.8 Å². The Labute approximate surface area is 310 Å². The molecule has 1 radical (unpaired) electrons. The summed E-state index contributed by atoms with van der Waals surface area (Å²) in [6.45, 7) is 29.3. The summed E-state index contributed by atoms with van der Waals surface area (Å²) in [5.41, 5.74) is 13.8. The Morgan fingerprint density at radius 3 is 1.45 bits per heavy atom. The van der Waals surface area contributed by atoms with Gasteiger partial charge >= 0.3 is 0 Å². The SMILES string of the molecule is CC(C)(C)c1c[c-]c(-c2ccc(C(C)(C)C)cn2)cc1.CC(C)(C)c1ccc(-c2[c-]ccc3c2C(C)(C)c2ccccc2C3(C)C)nc1.[Ir]. The van der Waals surface area contributed by atoms with Gasteiger partial charge in [-0.05, 0) is 60.7 Å². The Bertz CT molecular complexity index is 1820. The average molecular weight is 827 g/mol. The minimum absolute atomic E-state index is 0. The largest absolute Gasteiger partial charge is 0.304 e. The quantitative estimate of drug-likeness (QED) is 0.166. The molecule has 0 unspecified atom stereocenters. The van der Waals surface area contributed by atoms with Crippen LogP contribution >= 0.6 is 0 Å². The first-order chi connectivity index (χ1) is 22.2. The van der Waals surface area contributed by atoms with Crippen molar-refractivity contribution in [2.45, 2.75) is 117 Å². The average Bonchev–Trinajstić information content (AvgIpc) is 3.03. The zero-order valence-corrected chi connectivity index (χ0v) is 34.3. The van der Waals surface area contributed by atoms with Crippen molar-refractivity contribution in [3.63, 3.8) is 0 Å². The van der Waals surface area contributed by atoms with E-state index < -0.39 is 0 Å². The van der Waals surface area contributed by atoms with Crippen molar-refractivity contribution < 1.29 is 20.1 Å². The van der Waals surface area contributed by atoms with E-state index in [1.807, 2.05) is 12.4 Å². The molecule has 1 aliphatic carbocycles. The number of hydrogen-bond acceptors (Lipinski definition) is 2. The first-order valence-electron chi connectivity index (χ1n) is 17.3. The van der Waals surface area contributed by atoms with E-state index in [1.54, 1.807) is 0 Å². The van der Waals surface area contributed by atoms with Crippen LogP contribution < -0.4 is 0 Å². The molecule has 0 aliphatic heterocycles. The molecule has 0 bridgehead atoms. The summed E-state index contributed by atoms with van der Waals surface area (Å²) in [7, 11) is 0. The Morgan fingerprint density at radius 2 is 1.00 bits per heavy atom. The Morgan fingerprint density at radius 1 is 0.510 bits per heavy atom. The molecule has 2 aromatic heterocycles. The van der Waals surface area contributed by atoms with Crippen LogP contribution in [0, 0.1) is 12.1 Å². The summed E-state index contributed by atoms with van der Waals surface area (Å²) in [5.74, 6) is 0. The van der Waals surface area contributed by atoms with Crippen LogP contribution in [0.5, 0.6) is 0 Å². The Hall–Kier alpha value is -3.39. The van der Waals surface area contributed by atoms with Gasteiger partial charge in [0.1, 0.15) is 0 Å². The molecular weight excluding hydrogens is 773 g/mol. The smallest absolute Gasteiger partial charge is 0.0198 e. The van der Waals surface area contributed by atoms with E-state index in [4.69, 9.17) is 4.98 Å². The van der Waals surface area contributed by atoms with E-state index in [9.17, 15) is 0 Å². The molecule has 6 rings (SSSR count). The van der Waals surface area contributed by atoms with Crippen LogP contribution in [0.25, 0.3) is 22.5 Å². The van der Waals surface area contributed by atoms with Crippen molar-refractivity contribution in [1.29, 1.82) is 0 Å². The fourth-order valence-corrected chi connectivity index (χ4v) is 6.76. The van der Waals surface area contributed by atoms with Crippen molar-refractivity contribution >= 4 is 0 Å². The summed E-state index contributed by atoms with van der Waals surface area (Å²) >= 11 is 0. The van der Waals surface area contributed by atoms with Gasteiger partial charge in [-0.2, -0.15) is 0 Å². The normalized spacial score (nSPS) is 14.8. The number of pyridine rings is 2. The van der Waals surface area contributed by atoms with Gasteiger partial charge in [0.05, 0.1) is 0 Å². The van der Waals surface area contributed by atoms with Gasteiger partial charge in [0.25, 0.3) is 0 Å². The monoisotopic (exact) mass is 827 g/mol. The molecule has 1 aliphatic rings. The summed E-state index contributed by atoms with van der Waals surface area (Å²) in [5, 5.41) is 0. The number of hydrogen-bond donors (Lipinski definition) is 0. The van der Waals surface area contributed by atoms with Crippen LogP contribution in [0.4, 0.5) is 0 Å². The van der Waals surface area contributed by atoms with E-state index in [1.165, 1.54) is 38.9 Å². The molecule has 0 fully saturated rings. The number of benzene rings is 3.